The number of hydrogen-bond acceptors (Lipinski definition) is 2. The van der Waals surface area contributed by atoms with E-state index in [4.69, 9.17) is 0 Å². The summed E-state index contributed by atoms with van der Waals surface area (Å²) in [6.45, 7) is 5.70. The van der Waals surface area contributed by atoms with Gasteiger partial charge in [-0.15, -0.1) is 0 Å². The molecule has 1 saturated heterocycles. The zero-order valence-corrected chi connectivity index (χ0v) is 9.58. The minimum absolute atomic E-state index is 0.00120. The third-order valence-electron chi connectivity index (χ3n) is 2.59. The Morgan fingerprint density at radius 1 is 1.40 bits per heavy atom. The Bertz CT molecular complexity index is 235. The van der Waals surface area contributed by atoms with Gasteiger partial charge in [0.15, 0.2) is 0 Å². The summed E-state index contributed by atoms with van der Waals surface area (Å²) in [5, 5.41) is 2.72. The molecule has 1 aliphatic rings. The van der Waals surface area contributed by atoms with Crippen LogP contribution in [-0.4, -0.2) is 35.8 Å². The van der Waals surface area contributed by atoms with E-state index in [0.717, 1.165) is 25.9 Å². The van der Waals surface area contributed by atoms with Crippen molar-refractivity contribution in [2.75, 3.05) is 13.1 Å². The Kier molecular flexibility index (Phi) is 4.59. The van der Waals surface area contributed by atoms with Gasteiger partial charge in [-0.3, -0.25) is 9.59 Å². The molecule has 1 heterocycles. The topological polar surface area (TPSA) is 49.4 Å². The lowest BCUT2D eigenvalue weighted by Gasteiger charge is -2.24. The number of carbonyl (C=O) groups is 2. The van der Waals surface area contributed by atoms with Crippen LogP contribution in [0.25, 0.3) is 0 Å². The van der Waals surface area contributed by atoms with E-state index in [9.17, 15) is 9.59 Å². The molecule has 4 nitrogen and oxygen atoms in total. The molecule has 1 N–H and O–H groups in total. The first-order valence-corrected chi connectivity index (χ1v) is 5.77. The predicted molar refractivity (Wildman–Crippen MR) is 58.3 cm³/mol. The van der Waals surface area contributed by atoms with E-state index in [0.29, 0.717) is 12.8 Å². The van der Waals surface area contributed by atoms with Crippen LogP contribution in [0.4, 0.5) is 0 Å². The molecule has 0 radical (unpaired) electrons. The van der Waals surface area contributed by atoms with Gasteiger partial charge in [-0.25, -0.2) is 0 Å². The van der Waals surface area contributed by atoms with Crippen molar-refractivity contribution >= 4 is 11.8 Å². The predicted octanol–water partition coefficient (Wildman–Crippen LogP) is 0.914. The molecule has 1 fully saturated rings. The van der Waals surface area contributed by atoms with Crippen molar-refractivity contribution in [2.45, 2.75) is 45.6 Å². The second-order valence-electron chi connectivity index (χ2n) is 3.98. The second-order valence-corrected chi connectivity index (χ2v) is 3.98. The van der Waals surface area contributed by atoms with Crippen LogP contribution >= 0.6 is 0 Å². The van der Waals surface area contributed by atoms with Crippen LogP contribution in [0.15, 0.2) is 0 Å². The minimum atomic E-state index is -0.268. The Morgan fingerprint density at radius 3 is 2.40 bits per heavy atom. The third-order valence-corrected chi connectivity index (χ3v) is 2.59. The van der Waals surface area contributed by atoms with Crippen molar-refractivity contribution < 1.29 is 9.59 Å². The number of rotatable bonds is 5. The smallest absolute Gasteiger partial charge is 0.245 e. The van der Waals surface area contributed by atoms with Gasteiger partial charge < -0.3 is 10.2 Å². The molecule has 15 heavy (non-hydrogen) atoms. The van der Waals surface area contributed by atoms with E-state index in [2.05, 4.69) is 19.2 Å². The van der Waals surface area contributed by atoms with Crippen molar-refractivity contribution in [3.63, 3.8) is 0 Å². The van der Waals surface area contributed by atoms with Crippen LogP contribution < -0.4 is 5.32 Å². The minimum Gasteiger partial charge on any atom is -0.344 e. The van der Waals surface area contributed by atoms with Crippen LogP contribution in [0.2, 0.25) is 0 Å². The number of amides is 2. The molecule has 0 aromatic heterocycles. The van der Waals surface area contributed by atoms with Crippen LogP contribution in [0.3, 0.4) is 0 Å². The van der Waals surface area contributed by atoms with E-state index in [1.807, 2.05) is 4.90 Å². The summed E-state index contributed by atoms with van der Waals surface area (Å²) in [5.74, 6) is 0.0887. The molecule has 0 unspecified atom stereocenters. The molecule has 1 aliphatic heterocycles. The van der Waals surface area contributed by atoms with Gasteiger partial charge in [0.1, 0.15) is 6.04 Å². The van der Waals surface area contributed by atoms with Crippen LogP contribution in [0.5, 0.6) is 0 Å². The zero-order chi connectivity index (χ0) is 11.3. The number of carbonyl (C=O) groups excluding carboxylic acids is 2. The monoisotopic (exact) mass is 212 g/mol. The number of hydrogen-bond donors (Lipinski definition) is 1. The summed E-state index contributed by atoms with van der Waals surface area (Å²) >= 11 is 0. The first-order valence-electron chi connectivity index (χ1n) is 5.77. The fourth-order valence-corrected chi connectivity index (χ4v) is 1.89. The van der Waals surface area contributed by atoms with E-state index in [-0.39, 0.29) is 17.9 Å². The lowest BCUT2D eigenvalue weighted by atomic mass is 10.2. The standard InChI is InChI=1S/C11H20N2O2/c1-3-7-13(8-4-2)11(15)9-5-6-10(14)12-9/h9H,3-8H2,1-2H3,(H,12,14)/t9-/m0/s1. The maximum absolute atomic E-state index is 12.0. The van der Waals surface area contributed by atoms with Gasteiger partial charge in [0.25, 0.3) is 0 Å². The summed E-state index contributed by atoms with van der Waals surface area (Å²) in [7, 11) is 0. The van der Waals surface area contributed by atoms with Gasteiger partial charge in [0, 0.05) is 19.5 Å². The Labute approximate surface area is 91.0 Å². The van der Waals surface area contributed by atoms with Crippen molar-refractivity contribution in [3.05, 3.63) is 0 Å². The second kappa shape index (κ2) is 5.73. The lowest BCUT2D eigenvalue weighted by molar-refractivity contribution is -0.134. The highest BCUT2D eigenvalue weighted by Gasteiger charge is 2.29. The molecule has 0 saturated carbocycles. The normalized spacial score (nSPS) is 20.1. The maximum atomic E-state index is 12.0. The van der Waals surface area contributed by atoms with E-state index < -0.39 is 0 Å². The highest BCUT2D eigenvalue weighted by molar-refractivity contribution is 5.90. The van der Waals surface area contributed by atoms with Gasteiger partial charge in [-0.2, -0.15) is 0 Å². The van der Waals surface area contributed by atoms with Crippen molar-refractivity contribution in [1.82, 2.24) is 10.2 Å². The molecule has 0 aliphatic carbocycles. The van der Waals surface area contributed by atoms with Gasteiger partial charge in [0.2, 0.25) is 11.8 Å². The molecular weight excluding hydrogens is 192 g/mol. The molecule has 1 rings (SSSR count). The molecular formula is C11H20N2O2. The van der Waals surface area contributed by atoms with Crippen LogP contribution in [0.1, 0.15) is 39.5 Å². The SMILES string of the molecule is CCCN(CCC)C(=O)[C@@H]1CCC(=O)N1. The summed E-state index contributed by atoms with van der Waals surface area (Å²) in [4.78, 5) is 24.9. The van der Waals surface area contributed by atoms with Crippen molar-refractivity contribution in [2.24, 2.45) is 0 Å². The molecule has 2 amide bonds. The van der Waals surface area contributed by atoms with Gasteiger partial charge in [-0.1, -0.05) is 13.8 Å². The van der Waals surface area contributed by atoms with Crippen LogP contribution in [-0.2, 0) is 9.59 Å². The van der Waals surface area contributed by atoms with E-state index >= 15 is 0 Å². The fourth-order valence-electron chi connectivity index (χ4n) is 1.89. The largest absolute Gasteiger partial charge is 0.344 e. The Balaban J connectivity index is 2.51. The molecule has 4 heteroatoms. The first kappa shape index (κ1) is 12.0. The number of nitrogens with zero attached hydrogens (tertiary/aromatic N) is 1. The first-order chi connectivity index (χ1) is 7.19. The zero-order valence-electron chi connectivity index (χ0n) is 9.58. The quantitative estimate of drug-likeness (QED) is 0.736. The van der Waals surface area contributed by atoms with Crippen molar-refractivity contribution in [1.29, 1.82) is 0 Å². The average molecular weight is 212 g/mol. The maximum Gasteiger partial charge on any atom is 0.245 e. The fraction of sp³-hybridized carbons (Fsp3) is 0.818. The van der Waals surface area contributed by atoms with Crippen LogP contribution in [0, 0.1) is 0 Å². The molecule has 0 spiro atoms. The third kappa shape index (κ3) is 3.22. The summed E-state index contributed by atoms with van der Waals surface area (Å²) in [5.41, 5.74) is 0. The van der Waals surface area contributed by atoms with Crippen molar-refractivity contribution in [3.8, 4) is 0 Å². The molecule has 0 bridgehead atoms. The lowest BCUT2D eigenvalue weighted by Crippen LogP contribution is -2.45. The highest BCUT2D eigenvalue weighted by atomic mass is 16.2. The van der Waals surface area contributed by atoms with E-state index in [1.165, 1.54) is 0 Å². The molecule has 86 valence electrons. The highest BCUT2D eigenvalue weighted by Crippen LogP contribution is 2.10. The molecule has 1 atom stereocenters. The number of nitrogens with one attached hydrogen (secondary N) is 1. The molecule has 0 aromatic rings. The Hall–Kier alpha value is -1.06. The Morgan fingerprint density at radius 2 is 2.00 bits per heavy atom. The van der Waals surface area contributed by atoms with Gasteiger partial charge in [0.05, 0.1) is 0 Å². The average Bonchev–Trinajstić information content (AvgIpc) is 2.63. The summed E-state index contributed by atoms with van der Waals surface area (Å²) in [6.07, 6.45) is 3.07. The molecule has 0 aromatic carbocycles. The summed E-state index contributed by atoms with van der Waals surface area (Å²) < 4.78 is 0. The van der Waals surface area contributed by atoms with Gasteiger partial charge >= 0.3 is 0 Å². The summed E-state index contributed by atoms with van der Waals surface area (Å²) in [6, 6.07) is -0.268. The van der Waals surface area contributed by atoms with E-state index in [1.54, 1.807) is 0 Å². The van der Waals surface area contributed by atoms with Gasteiger partial charge in [-0.05, 0) is 19.3 Å².